The van der Waals surface area contributed by atoms with Gasteiger partial charge in [0.2, 0.25) is 5.91 Å². The Labute approximate surface area is 168 Å². The molecule has 0 spiro atoms. The van der Waals surface area contributed by atoms with Gasteiger partial charge in [-0.25, -0.2) is 0 Å². The highest BCUT2D eigenvalue weighted by atomic mass is 16.7. The van der Waals surface area contributed by atoms with Gasteiger partial charge in [0.05, 0.1) is 6.54 Å². The van der Waals surface area contributed by atoms with Crippen LogP contribution in [0.2, 0.25) is 0 Å². The highest BCUT2D eigenvalue weighted by Gasteiger charge is 2.25. The summed E-state index contributed by atoms with van der Waals surface area (Å²) in [5, 5.41) is 0. The van der Waals surface area contributed by atoms with Crippen molar-refractivity contribution < 1.29 is 14.3 Å². The SMILES string of the molecule is CCOC(CN(CCCc1ccccc1)C(=O)[C@@H](N)c1ccccc1)OCC. The minimum Gasteiger partial charge on any atom is -0.351 e. The Morgan fingerprint density at radius 3 is 2.11 bits per heavy atom. The van der Waals surface area contributed by atoms with Gasteiger partial charge in [-0.15, -0.1) is 0 Å². The number of ether oxygens (including phenoxy) is 2. The predicted molar refractivity (Wildman–Crippen MR) is 112 cm³/mol. The molecule has 2 aromatic rings. The fraction of sp³-hybridized carbons (Fsp3) is 0.435. The first-order chi connectivity index (χ1) is 13.7. The molecule has 0 saturated heterocycles. The van der Waals surface area contributed by atoms with Gasteiger partial charge in [-0.1, -0.05) is 60.7 Å². The number of aryl methyl sites for hydroxylation is 1. The molecule has 0 aromatic heterocycles. The number of hydrogen-bond acceptors (Lipinski definition) is 4. The zero-order valence-corrected chi connectivity index (χ0v) is 16.9. The number of nitrogens with zero attached hydrogens (tertiary/aromatic N) is 1. The van der Waals surface area contributed by atoms with Gasteiger partial charge in [-0.2, -0.15) is 0 Å². The predicted octanol–water partition coefficient (Wildman–Crippen LogP) is 3.55. The van der Waals surface area contributed by atoms with Crippen LogP contribution in [0.3, 0.4) is 0 Å². The summed E-state index contributed by atoms with van der Waals surface area (Å²) < 4.78 is 11.3. The van der Waals surface area contributed by atoms with Crippen LogP contribution in [-0.4, -0.2) is 43.4 Å². The van der Waals surface area contributed by atoms with Crippen LogP contribution in [-0.2, 0) is 20.7 Å². The molecule has 5 heteroatoms. The zero-order chi connectivity index (χ0) is 20.2. The van der Waals surface area contributed by atoms with E-state index in [0.29, 0.717) is 26.3 Å². The van der Waals surface area contributed by atoms with Gasteiger partial charge in [0, 0.05) is 19.8 Å². The lowest BCUT2D eigenvalue weighted by atomic mass is 10.1. The third-order valence-corrected chi connectivity index (χ3v) is 4.55. The van der Waals surface area contributed by atoms with Gasteiger partial charge >= 0.3 is 0 Å². The fourth-order valence-corrected chi connectivity index (χ4v) is 3.12. The Bertz CT molecular complexity index is 673. The molecule has 0 saturated carbocycles. The maximum absolute atomic E-state index is 13.1. The second-order valence-corrected chi connectivity index (χ2v) is 6.60. The zero-order valence-electron chi connectivity index (χ0n) is 16.9. The van der Waals surface area contributed by atoms with Crippen LogP contribution in [0.4, 0.5) is 0 Å². The van der Waals surface area contributed by atoms with Crippen molar-refractivity contribution in [3.8, 4) is 0 Å². The topological polar surface area (TPSA) is 64.8 Å². The first-order valence-corrected chi connectivity index (χ1v) is 10.0. The summed E-state index contributed by atoms with van der Waals surface area (Å²) in [6.45, 7) is 5.87. The number of carbonyl (C=O) groups is 1. The van der Waals surface area contributed by atoms with E-state index in [2.05, 4.69) is 12.1 Å². The fourth-order valence-electron chi connectivity index (χ4n) is 3.12. The molecule has 28 heavy (non-hydrogen) atoms. The number of amides is 1. The lowest BCUT2D eigenvalue weighted by Gasteiger charge is -2.29. The Hall–Kier alpha value is -2.21. The Morgan fingerprint density at radius 2 is 1.54 bits per heavy atom. The highest BCUT2D eigenvalue weighted by molar-refractivity contribution is 5.83. The van der Waals surface area contributed by atoms with Gasteiger partial charge < -0.3 is 20.1 Å². The van der Waals surface area contributed by atoms with Crippen molar-refractivity contribution in [1.29, 1.82) is 0 Å². The normalized spacial score (nSPS) is 12.1. The maximum Gasteiger partial charge on any atom is 0.244 e. The van der Waals surface area contributed by atoms with Crippen molar-refractivity contribution in [2.75, 3.05) is 26.3 Å². The minimum atomic E-state index is -0.693. The van der Waals surface area contributed by atoms with Crippen LogP contribution in [0.25, 0.3) is 0 Å². The standard InChI is InChI=1S/C23H32N2O3/c1-3-27-21(28-4-2)18-25(17-11-14-19-12-7-5-8-13-19)23(26)22(24)20-15-9-6-10-16-20/h5-10,12-13,15-16,21-22H,3-4,11,14,17-18,24H2,1-2H3/t22-/m0/s1. The molecule has 0 bridgehead atoms. The third-order valence-electron chi connectivity index (χ3n) is 4.55. The summed E-state index contributed by atoms with van der Waals surface area (Å²) >= 11 is 0. The molecule has 0 heterocycles. The van der Waals surface area contributed by atoms with E-state index >= 15 is 0 Å². The summed E-state index contributed by atoms with van der Waals surface area (Å²) in [4.78, 5) is 14.9. The van der Waals surface area contributed by atoms with E-state index in [4.69, 9.17) is 15.2 Å². The van der Waals surface area contributed by atoms with Crippen molar-refractivity contribution in [3.05, 3.63) is 71.8 Å². The molecule has 0 fully saturated rings. The first-order valence-electron chi connectivity index (χ1n) is 10.0. The average Bonchev–Trinajstić information content (AvgIpc) is 2.73. The van der Waals surface area contributed by atoms with Gasteiger partial charge in [-0.05, 0) is 37.8 Å². The van der Waals surface area contributed by atoms with Crippen molar-refractivity contribution in [3.63, 3.8) is 0 Å². The number of hydrogen-bond donors (Lipinski definition) is 1. The second-order valence-electron chi connectivity index (χ2n) is 6.60. The van der Waals surface area contributed by atoms with Crippen LogP contribution < -0.4 is 5.73 Å². The molecule has 2 N–H and O–H groups in total. The van der Waals surface area contributed by atoms with Crippen molar-refractivity contribution in [2.24, 2.45) is 5.73 Å². The lowest BCUT2D eigenvalue weighted by molar-refractivity contribution is -0.159. The van der Waals surface area contributed by atoms with E-state index in [1.54, 1.807) is 4.90 Å². The van der Waals surface area contributed by atoms with Crippen molar-refractivity contribution >= 4 is 5.91 Å². The molecular formula is C23H32N2O3. The second kappa shape index (κ2) is 12.3. The van der Waals surface area contributed by atoms with E-state index in [0.717, 1.165) is 18.4 Å². The number of nitrogens with two attached hydrogens (primary N) is 1. The average molecular weight is 385 g/mol. The van der Waals surface area contributed by atoms with E-state index in [9.17, 15) is 4.79 Å². The van der Waals surface area contributed by atoms with Gasteiger partial charge in [0.25, 0.3) is 0 Å². The van der Waals surface area contributed by atoms with Gasteiger partial charge in [0.15, 0.2) is 6.29 Å². The lowest BCUT2D eigenvalue weighted by Crippen LogP contribution is -2.44. The largest absolute Gasteiger partial charge is 0.351 e. The molecule has 0 unspecified atom stereocenters. The third kappa shape index (κ3) is 7.08. The van der Waals surface area contributed by atoms with Crippen LogP contribution >= 0.6 is 0 Å². The number of benzene rings is 2. The molecule has 5 nitrogen and oxygen atoms in total. The summed E-state index contributed by atoms with van der Waals surface area (Å²) in [6, 6.07) is 19.0. The van der Waals surface area contributed by atoms with E-state index in [1.165, 1.54) is 5.56 Å². The number of rotatable bonds is 12. The molecular weight excluding hydrogens is 352 g/mol. The molecule has 2 aromatic carbocycles. The molecule has 0 radical (unpaired) electrons. The summed E-state index contributed by atoms with van der Waals surface area (Å²) in [5.41, 5.74) is 8.34. The smallest absolute Gasteiger partial charge is 0.244 e. The van der Waals surface area contributed by atoms with Gasteiger partial charge in [0.1, 0.15) is 6.04 Å². The summed E-state index contributed by atoms with van der Waals surface area (Å²) in [7, 11) is 0. The maximum atomic E-state index is 13.1. The van der Waals surface area contributed by atoms with Crippen LogP contribution in [0, 0.1) is 0 Å². The van der Waals surface area contributed by atoms with Gasteiger partial charge in [-0.3, -0.25) is 4.79 Å². The van der Waals surface area contributed by atoms with Crippen LogP contribution in [0.15, 0.2) is 60.7 Å². The molecule has 0 aliphatic carbocycles. The quantitative estimate of drug-likeness (QED) is 0.569. The molecule has 2 rings (SSSR count). The van der Waals surface area contributed by atoms with E-state index < -0.39 is 12.3 Å². The molecule has 1 amide bonds. The highest BCUT2D eigenvalue weighted by Crippen LogP contribution is 2.15. The van der Waals surface area contributed by atoms with Crippen molar-refractivity contribution in [2.45, 2.75) is 39.0 Å². The monoisotopic (exact) mass is 384 g/mol. The molecule has 1 atom stereocenters. The molecule has 152 valence electrons. The van der Waals surface area contributed by atoms with E-state index in [-0.39, 0.29) is 5.91 Å². The minimum absolute atomic E-state index is 0.108. The summed E-state index contributed by atoms with van der Waals surface area (Å²) in [5.74, 6) is -0.108. The Morgan fingerprint density at radius 1 is 0.964 bits per heavy atom. The van der Waals surface area contributed by atoms with Crippen molar-refractivity contribution in [1.82, 2.24) is 4.90 Å². The summed E-state index contributed by atoms with van der Waals surface area (Å²) in [6.07, 6.45) is 1.31. The van der Waals surface area contributed by atoms with Crippen LogP contribution in [0.1, 0.15) is 37.4 Å². The first kappa shape index (κ1) is 22.1. The molecule has 0 aliphatic heterocycles. The molecule has 0 aliphatic rings. The number of carbonyl (C=O) groups excluding carboxylic acids is 1. The Kier molecular flexibility index (Phi) is 9.69. The van der Waals surface area contributed by atoms with Crippen LogP contribution in [0.5, 0.6) is 0 Å². The van der Waals surface area contributed by atoms with E-state index in [1.807, 2.05) is 62.4 Å². The Balaban J connectivity index is 2.06.